The molecular weight excluding hydrogens is 520 g/mol. The zero-order valence-corrected chi connectivity index (χ0v) is 27.2. The van der Waals surface area contributed by atoms with Gasteiger partial charge in [0.05, 0.1) is 5.60 Å². The molecule has 240 valence electrons. The molecule has 0 aliphatic heterocycles. The van der Waals surface area contributed by atoms with Gasteiger partial charge in [-0.05, 0) is 46.5 Å². The number of aliphatic carboxylic acids is 1. The van der Waals surface area contributed by atoms with Gasteiger partial charge in [0, 0.05) is 31.4 Å². The fourth-order valence-electron chi connectivity index (χ4n) is 4.52. The molecule has 0 saturated carbocycles. The van der Waals surface area contributed by atoms with Gasteiger partial charge in [-0.3, -0.25) is 14.4 Å². The molecule has 8 heteroatoms. The minimum absolute atomic E-state index is 0.0179. The summed E-state index contributed by atoms with van der Waals surface area (Å²) in [6.45, 7) is 12.4. The first-order valence-electron chi connectivity index (χ1n) is 16.2. The summed E-state index contributed by atoms with van der Waals surface area (Å²) in [7, 11) is 0. The van der Waals surface area contributed by atoms with Crippen molar-refractivity contribution in [2.75, 3.05) is 13.2 Å². The fraction of sp³-hybridized carbons (Fsp3) is 0.879. The van der Waals surface area contributed by atoms with Gasteiger partial charge in [0.25, 0.3) is 0 Å². The Balaban J connectivity index is 4.01. The van der Waals surface area contributed by atoms with Crippen LogP contribution in [0.2, 0.25) is 0 Å². The number of unbranched alkanes of at least 4 members (excludes halogenated alkanes) is 12. The van der Waals surface area contributed by atoms with Gasteiger partial charge in [0.15, 0.2) is 0 Å². The zero-order chi connectivity index (χ0) is 31.2. The molecule has 41 heavy (non-hydrogen) atoms. The third kappa shape index (κ3) is 22.3. The van der Waals surface area contributed by atoms with E-state index in [1.165, 1.54) is 64.2 Å². The maximum Gasteiger partial charge on any atom is 0.326 e. The number of carbonyl (C=O) groups is 4. The second kappa shape index (κ2) is 22.6. The van der Waals surface area contributed by atoms with Gasteiger partial charge in [0.2, 0.25) is 11.8 Å². The van der Waals surface area contributed by atoms with Gasteiger partial charge in [-0.15, -0.1) is 0 Å². The summed E-state index contributed by atoms with van der Waals surface area (Å²) < 4.78 is 5.93. The second-order valence-corrected chi connectivity index (χ2v) is 12.9. The van der Waals surface area contributed by atoms with Crippen molar-refractivity contribution in [3.63, 3.8) is 0 Å². The molecule has 0 unspecified atom stereocenters. The highest BCUT2D eigenvalue weighted by atomic mass is 16.5. The summed E-state index contributed by atoms with van der Waals surface area (Å²) in [5, 5.41) is 14.9. The summed E-state index contributed by atoms with van der Waals surface area (Å²) in [5.74, 6) is -1.52. The van der Waals surface area contributed by atoms with Gasteiger partial charge < -0.3 is 20.5 Å². The molecule has 0 heterocycles. The van der Waals surface area contributed by atoms with Crippen LogP contribution in [0.15, 0.2) is 0 Å². The Hall–Kier alpha value is -1.96. The van der Waals surface area contributed by atoms with E-state index in [4.69, 9.17) is 4.74 Å². The van der Waals surface area contributed by atoms with E-state index in [1.54, 1.807) is 6.92 Å². The number of Topliss-reactive ketones (excluding diaryl/α,β-unsaturated/α-hetero) is 1. The van der Waals surface area contributed by atoms with E-state index in [0.717, 1.165) is 19.3 Å². The number of carbonyl (C=O) groups excluding carboxylic acids is 3. The van der Waals surface area contributed by atoms with Crippen molar-refractivity contribution in [2.45, 2.75) is 169 Å². The lowest BCUT2D eigenvalue weighted by Crippen LogP contribution is -2.41. The number of carboxylic acid groups (broad SMARTS) is 1. The van der Waals surface area contributed by atoms with Crippen molar-refractivity contribution in [1.29, 1.82) is 0 Å². The Kier molecular flexibility index (Phi) is 21.5. The van der Waals surface area contributed by atoms with E-state index in [-0.39, 0.29) is 30.4 Å². The Morgan fingerprint density at radius 2 is 1.24 bits per heavy atom. The average Bonchev–Trinajstić information content (AvgIpc) is 2.88. The smallest absolute Gasteiger partial charge is 0.326 e. The molecule has 8 nitrogen and oxygen atoms in total. The van der Waals surface area contributed by atoms with E-state index in [2.05, 4.69) is 17.6 Å². The molecule has 0 aliphatic carbocycles. The monoisotopic (exact) mass is 582 g/mol. The Labute approximate surface area is 250 Å². The maximum absolute atomic E-state index is 12.3. The largest absolute Gasteiger partial charge is 0.480 e. The SMILES string of the molecule is CCCCCCCCCCCCCCCC(=O)N[C@H](CCC(=O)NCCC(C)(C)OCCC(C)(C)C(C)=O)C(=O)O. The molecule has 0 rings (SSSR count). The minimum atomic E-state index is -1.13. The number of ether oxygens (including phenoxy) is 1. The van der Waals surface area contributed by atoms with Crippen molar-refractivity contribution < 1.29 is 29.0 Å². The van der Waals surface area contributed by atoms with Crippen LogP contribution in [0.4, 0.5) is 0 Å². The lowest BCUT2D eigenvalue weighted by Gasteiger charge is -2.28. The highest BCUT2D eigenvalue weighted by Gasteiger charge is 2.26. The number of hydrogen-bond donors (Lipinski definition) is 3. The van der Waals surface area contributed by atoms with Gasteiger partial charge in [-0.25, -0.2) is 4.79 Å². The van der Waals surface area contributed by atoms with E-state index in [0.29, 0.717) is 32.4 Å². The molecule has 3 N–H and O–H groups in total. The van der Waals surface area contributed by atoms with E-state index in [1.807, 2.05) is 27.7 Å². The van der Waals surface area contributed by atoms with Crippen molar-refractivity contribution in [1.82, 2.24) is 10.6 Å². The average molecular weight is 583 g/mol. The lowest BCUT2D eigenvalue weighted by molar-refractivity contribution is -0.142. The topological polar surface area (TPSA) is 122 Å². The van der Waals surface area contributed by atoms with Crippen LogP contribution in [0.25, 0.3) is 0 Å². The summed E-state index contributed by atoms with van der Waals surface area (Å²) in [6.07, 6.45) is 17.5. The van der Waals surface area contributed by atoms with E-state index < -0.39 is 23.0 Å². The van der Waals surface area contributed by atoms with E-state index in [9.17, 15) is 24.3 Å². The number of carboxylic acids is 1. The van der Waals surface area contributed by atoms with Crippen LogP contribution in [0.5, 0.6) is 0 Å². The third-order valence-electron chi connectivity index (χ3n) is 8.02. The number of ketones is 1. The predicted octanol–water partition coefficient (Wildman–Crippen LogP) is 7.12. The molecular formula is C33H62N2O6. The summed E-state index contributed by atoms with van der Waals surface area (Å²) in [4.78, 5) is 47.8. The molecule has 0 aromatic heterocycles. The quantitative estimate of drug-likeness (QED) is 0.0886. The van der Waals surface area contributed by atoms with Crippen LogP contribution < -0.4 is 10.6 Å². The Morgan fingerprint density at radius 3 is 1.73 bits per heavy atom. The van der Waals surface area contributed by atoms with Crippen molar-refractivity contribution in [3.8, 4) is 0 Å². The zero-order valence-electron chi connectivity index (χ0n) is 27.2. The Bertz CT molecular complexity index is 750. The number of hydrogen-bond acceptors (Lipinski definition) is 5. The highest BCUT2D eigenvalue weighted by molar-refractivity contribution is 5.84. The van der Waals surface area contributed by atoms with Gasteiger partial charge >= 0.3 is 5.97 Å². The molecule has 2 amide bonds. The predicted molar refractivity (Wildman–Crippen MR) is 166 cm³/mol. The Morgan fingerprint density at radius 1 is 0.732 bits per heavy atom. The molecule has 1 atom stereocenters. The first kappa shape index (κ1) is 39.0. The maximum atomic E-state index is 12.3. The van der Waals surface area contributed by atoms with Crippen LogP contribution in [0.3, 0.4) is 0 Å². The van der Waals surface area contributed by atoms with Crippen LogP contribution >= 0.6 is 0 Å². The fourth-order valence-corrected chi connectivity index (χ4v) is 4.52. The molecule has 0 spiro atoms. The summed E-state index contributed by atoms with van der Waals surface area (Å²) in [6, 6.07) is -1.07. The van der Waals surface area contributed by atoms with Crippen molar-refractivity contribution >= 4 is 23.6 Å². The first-order chi connectivity index (χ1) is 19.3. The molecule has 0 aromatic rings. The molecule has 0 saturated heterocycles. The molecule has 0 aliphatic rings. The number of rotatable bonds is 27. The lowest BCUT2D eigenvalue weighted by atomic mass is 9.86. The molecule has 0 aromatic carbocycles. The molecule has 0 fully saturated rings. The number of nitrogens with one attached hydrogen (secondary N) is 2. The van der Waals surface area contributed by atoms with Crippen LogP contribution in [-0.4, -0.2) is 53.5 Å². The van der Waals surface area contributed by atoms with Crippen LogP contribution in [0.1, 0.15) is 157 Å². The summed E-state index contributed by atoms with van der Waals surface area (Å²) >= 11 is 0. The van der Waals surface area contributed by atoms with Crippen molar-refractivity contribution in [3.05, 3.63) is 0 Å². The van der Waals surface area contributed by atoms with Crippen molar-refractivity contribution in [2.24, 2.45) is 5.41 Å². The highest BCUT2D eigenvalue weighted by Crippen LogP contribution is 2.23. The second-order valence-electron chi connectivity index (χ2n) is 12.9. The van der Waals surface area contributed by atoms with Gasteiger partial charge in [0.1, 0.15) is 11.8 Å². The summed E-state index contributed by atoms with van der Waals surface area (Å²) in [5.41, 5.74) is -0.891. The van der Waals surface area contributed by atoms with Crippen LogP contribution in [-0.2, 0) is 23.9 Å². The normalized spacial score (nSPS) is 12.6. The first-order valence-corrected chi connectivity index (χ1v) is 16.2. The molecule has 0 bridgehead atoms. The number of amides is 2. The van der Waals surface area contributed by atoms with Gasteiger partial charge in [-0.2, -0.15) is 0 Å². The van der Waals surface area contributed by atoms with E-state index >= 15 is 0 Å². The van der Waals surface area contributed by atoms with Gasteiger partial charge in [-0.1, -0.05) is 97.8 Å². The van der Waals surface area contributed by atoms with Crippen LogP contribution in [0, 0.1) is 5.41 Å². The standard InChI is InChI=1S/C33H62N2O6/c1-7-8-9-10-11-12-13-14-15-16-17-18-19-20-30(38)35-28(31(39)40)21-22-29(37)34-25-23-33(5,6)41-26-24-32(3,4)27(2)36/h28H,7-26H2,1-6H3,(H,34,37)(H,35,38)(H,39,40)/t28-/m1/s1. The minimum Gasteiger partial charge on any atom is -0.480 e. The molecule has 0 radical (unpaired) electrons. The third-order valence-corrected chi connectivity index (χ3v) is 8.02.